The number of nitrogens with one attached hydrogen (secondary N) is 1. The van der Waals surface area contributed by atoms with E-state index >= 15 is 0 Å². The molecule has 9 nitrogen and oxygen atoms in total. The molecule has 4 N–H and O–H groups in total. The van der Waals surface area contributed by atoms with Crippen molar-refractivity contribution in [3.05, 3.63) is 16.7 Å². The van der Waals surface area contributed by atoms with Gasteiger partial charge in [-0.3, -0.25) is 9.78 Å². The first kappa shape index (κ1) is 14.9. The highest BCUT2D eigenvalue weighted by Gasteiger charge is 2.46. The van der Waals surface area contributed by atoms with Crippen molar-refractivity contribution in [3.8, 4) is 0 Å². The number of nitrogens with zero attached hydrogens (tertiary/aromatic N) is 3. The number of aryl methyl sites for hydroxylation is 1. The molecule has 2 aromatic heterocycles. The Kier molecular flexibility index (Phi) is 3.63. The first-order valence-corrected chi connectivity index (χ1v) is 7.02. The molecule has 0 radical (unpaired) electrons. The molecular weight excluding hydrogens is 290 g/mol. The summed E-state index contributed by atoms with van der Waals surface area (Å²) in [5.41, 5.74) is 6.03. The largest absolute Gasteiger partial charge is 0.386 e. The smallest absolute Gasteiger partial charge is 0.304 e. The van der Waals surface area contributed by atoms with E-state index in [9.17, 15) is 9.90 Å². The number of hydrogen-bond donors (Lipinski definition) is 3. The minimum absolute atomic E-state index is 0.0198. The summed E-state index contributed by atoms with van der Waals surface area (Å²) in [5, 5.41) is 10.5. The molecule has 1 saturated heterocycles. The van der Waals surface area contributed by atoms with Gasteiger partial charge in [0.25, 0.3) is 11.2 Å². The molecule has 3 heterocycles. The van der Waals surface area contributed by atoms with Crippen LogP contribution in [0.5, 0.6) is 0 Å². The molecule has 22 heavy (non-hydrogen) atoms. The standard InChI is InChI=1S/C13H19N5O4/c1-6-7(4-21-3)9(19)12(22-6)18-5-17(2)8-10(18)15-13(14)16-11(8)20/h5-7,9,12,19H,4H2,1-3H3,(H2-,14,15,16,20)/p+1/t6-,7-,9-,12-/m1/s1. The molecular formula is C13H20N5O4+. The first-order chi connectivity index (χ1) is 10.4. The lowest BCUT2D eigenvalue weighted by molar-refractivity contribution is -0.646. The van der Waals surface area contributed by atoms with Crippen molar-refractivity contribution >= 4 is 17.1 Å². The monoisotopic (exact) mass is 310 g/mol. The first-order valence-electron chi connectivity index (χ1n) is 7.02. The molecule has 0 aromatic carbocycles. The SMILES string of the molecule is COC[C@H]1[C@@H](O)[C@H](n2c[n+](C)c3c(=O)[nH]c(N)nc32)O[C@@H]1C. The van der Waals surface area contributed by atoms with E-state index in [2.05, 4.69) is 9.97 Å². The molecule has 2 aromatic rings. The van der Waals surface area contributed by atoms with Crippen LogP contribution in [0.15, 0.2) is 11.1 Å². The van der Waals surface area contributed by atoms with Crippen molar-refractivity contribution in [3.63, 3.8) is 0 Å². The third-order valence-electron chi connectivity index (χ3n) is 4.11. The number of rotatable bonds is 3. The van der Waals surface area contributed by atoms with E-state index in [4.69, 9.17) is 15.2 Å². The van der Waals surface area contributed by atoms with E-state index in [0.29, 0.717) is 17.8 Å². The van der Waals surface area contributed by atoms with Crippen molar-refractivity contribution in [1.82, 2.24) is 14.5 Å². The summed E-state index contributed by atoms with van der Waals surface area (Å²) in [6.07, 6.45) is 0.0738. The highest BCUT2D eigenvalue weighted by Crippen LogP contribution is 2.34. The summed E-state index contributed by atoms with van der Waals surface area (Å²) in [5.74, 6) is -0.136. The van der Waals surface area contributed by atoms with Crippen LogP contribution in [0.25, 0.3) is 11.2 Å². The Balaban J connectivity index is 2.10. The zero-order chi connectivity index (χ0) is 16.0. The molecule has 1 aliphatic heterocycles. The van der Waals surface area contributed by atoms with Gasteiger partial charge in [0.15, 0.2) is 0 Å². The number of aliphatic hydroxyl groups excluding tert-OH is 1. The van der Waals surface area contributed by atoms with Crippen LogP contribution in [0.4, 0.5) is 5.95 Å². The molecule has 9 heteroatoms. The van der Waals surface area contributed by atoms with Crippen LogP contribution in [0.3, 0.4) is 0 Å². The predicted molar refractivity (Wildman–Crippen MR) is 76.9 cm³/mol. The number of aromatic nitrogens is 4. The number of hydrogen-bond acceptors (Lipinski definition) is 6. The summed E-state index contributed by atoms with van der Waals surface area (Å²) in [4.78, 5) is 18.7. The third-order valence-corrected chi connectivity index (χ3v) is 4.11. The van der Waals surface area contributed by atoms with Crippen molar-refractivity contribution in [2.75, 3.05) is 19.5 Å². The average molecular weight is 310 g/mol. The summed E-state index contributed by atoms with van der Waals surface area (Å²) in [6, 6.07) is 0. The summed E-state index contributed by atoms with van der Waals surface area (Å²) >= 11 is 0. The number of aromatic amines is 1. The number of aliphatic hydroxyl groups is 1. The Morgan fingerprint density at radius 2 is 2.36 bits per heavy atom. The Labute approximate surface area is 126 Å². The lowest BCUT2D eigenvalue weighted by Crippen LogP contribution is -2.32. The van der Waals surface area contributed by atoms with Crippen molar-refractivity contribution < 1.29 is 19.1 Å². The van der Waals surface area contributed by atoms with Crippen LogP contribution in [-0.2, 0) is 16.5 Å². The number of anilines is 1. The van der Waals surface area contributed by atoms with Gasteiger partial charge in [-0.15, -0.1) is 0 Å². The lowest BCUT2D eigenvalue weighted by atomic mass is 10.0. The van der Waals surface area contributed by atoms with Crippen molar-refractivity contribution in [2.45, 2.75) is 25.4 Å². The van der Waals surface area contributed by atoms with E-state index in [0.717, 1.165) is 0 Å². The van der Waals surface area contributed by atoms with E-state index < -0.39 is 12.3 Å². The summed E-state index contributed by atoms with van der Waals surface area (Å²) in [7, 11) is 3.31. The van der Waals surface area contributed by atoms with Gasteiger partial charge in [-0.2, -0.15) is 9.55 Å². The number of H-pyrrole nitrogens is 1. The highest BCUT2D eigenvalue weighted by molar-refractivity contribution is 5.66. The fraction of sp³-hybridized carbons (Fsp3) is 0.615. The fourth-order valence-corrected chi connectivity index (χ4v) is 3.00. The zero-order valence-electron chi connectivity index (χ0n) is 12.7. The minimum Gasteiger partial charge on any atom is -0.386 e. The second-order valence-corrected chi connectivity index (χ2v) is 5.60. The molecule has 0 unspecified atom stereocenters. The van der Waals surface area contributed by atoms with Gasteiger partial charge >= 0.3 is 5.56 Å². The average Bonchev–Trinajstić information content (AvgIpc) is 2.90. The Hall–Kier alpha value is -1.97. The van der Waals surface area contributed by atoms with Crippen LogP contribution in [0.2, 0.25) is 0 Å². The Morgan fingerprint density at radius 3 is 3.05 bits per heavy atom. The highest BCUT2D eigenvalue weighted by atomic mass is 16.5. The molecule has 1 aliphatic rings. The maximum Gasteiger partial charge on any atom is 0.304 e. The molecule has 0 aliphatic carbocycles. The zero-order valence-corrected chi connectivity index (χ0v) is 12.7. The van der Waals surface area contributed by atoms with Crippen LogP contribution in [0.1, 0.15) is 13.2 Å². The number of methoxy groups -OCH3 is 1. The molecule has 1 fully saturated rings. The molecule has 120 valence electrons. The quantitative estimate of drug-likeness (QED) is 0.605. The van der Waals surface area contributed by atoms with Gasteiger partial charge in [-0.05, 0) is 6.92 Å². The van der Waals surface area contributed by atoms with Crippen LogP contribution in [-0.4, -0.2) is 45.6 Å². The molecule has 0 amide bonds. The van der Waals surface area contributed by atoms with E-state index in [1.54, 1.807) is 29.6 Å². The summed E-state index contributed by atoms with van der Waals surface area (Å²) in [6.45, 7) is 2.27. The van der Waals surface area contributed by atoms with E-state index in [1.807, 2.05) is 6.92 Å². The van der Waals surface area contributed by atoms with Gasteiger partial charge in [0, 0.05) is 13.0 Å². The normalized spacial score (nSPS) is 28.5. The number of imidazole rings is 1. The van der Waals surface area contributed by atoms with E-state index in [-0.39, 0.29) is 23.5 Å². The molecule has 0 saturated carbocycles. The fourth-order valence-electron chi connectivity index (χ4n) is 3.00. The Bertz CT molecular complexity index is 755. The molecule has 0 spiro atoms. The Morgan fingerprint density at radius 1 is 1.64 bits per heavy atom. The van der Waals surface area contributed by atoms with Crippen molar-refractivity contribution in [1.29, 1.82) is 0 Å². The van der Waals surface area contributed by atoms with Gasteiger partial charge in [0.1, 0.15) is 6.10 Å². The number of ether oxygens (including phenoxy) is 2. The van der Waals surface area contributed by atoms with E-state index in [1.165, 1.54) is 0 Å². The third kappa shape index (κ3) is 2.18. The van der Waals surface area contributed by atoms with Crippen LogP contribution in [0, 0.1) is 5.92 Å². The number of nitrogen functional groups attached to an aromatic ring is 1. The van der Waals surface area contributed by atoms with Crippen LogP contribution >= 0.6 is 0 Å². The second kappa shape index (κ2) is 5.34. The van der Waals surface area contributed by atoms with Gasteiger partial charge in [-0.25, -0.2) is 4.57 Å². The molecule has 0 bridgehead atoms. The van der Waals surface area contributed by atoms with Gasteiger partial charge in [0.05, 0.1) is 19.8 Å². The topological polar surface area (TPSA) is 119 Å². The lowest BCUT2D eigenvalue weighted by Gasteiger charge is -2.15. The minimum atomic E-state index is -0.770. The maximum absolute atomic E-state index is 12.0. The molecule has 3 rings (SSSR count). The summed E-state index contributed by atoms with van der Waals surface area (Å²) < 4.78 is 14.3. The molecule has 4 atom stereocenters. The van der Waals surface area contributed by atoms with Crippen molar-refractivity contribution in [2.24, 2.45) is 13.0 Å². The number of fused-ring (bicyclic) bond motifs is 1. The van der Waals surface area contributed by atoms with Gasteiger partial charge < -0.3 is 20.3 Å². The number of nitrogens with two attached hydrogens (primary N) is 1. The van der Waals surface area contributed by atoms with Gasteiger partial charge in [-0.1, -0.05) is 0 Å². The van der Waals surface area contributed by atoms with Gasteiger partial charge in [0.2, 0.25) is 18.5 Å². The predicted octanol–water partition coefficient (Wildman–Crippen LogP) is -1.33. The maximum atomic E-state index is 12.0. The second-order valence-electron chi connectivity index (χ2n) is 5.60. The van der Waals surface area contributed by atoms with Crippen LogP contribution < -0.4 is 15.9 Å².